The molecule has 0 atom stereocenters. The van der Waals surface area contributed by atoms with Crippen LogP contribution in [0.2, 0.25) is 0 Å². The number of hydrogen-bond donors (Lipinski definition) is 0. The van der Waals surface area contributed by atoms with E-state index in [1.165, 1.54) is 0 Å². The van der Waals surface area contributed by atoms with Crippen LogP contribution in [0.15, 0.2) is 0 Å². The van der Waals surface area contributed by atoms with Crippen LogP contribution in [0, 0.1) is 0 Å². The quantitative estimate of drug-likeness (QED) is 0.600. The Morgan fingerprint density at radius 3 is 1.25 bits per heavy atom. The van der Waals surface area contributed by atoms with Crippen LogP contribution in [0.3, 0.4) is 0 Å². The minimum Gasteiger partial charge on any atom is -0.166 e. The van der Waals surface area contributed by atoms with Gasteiger partial charge in [0, 0.05) is 25.8 Å². The fourth-order valence-corrected chi connectivity index (χ4v) is 0. The van der Waals surface area contributed by atoms with Crippen molar-refractivity contribution in [2.45, 2.75) is 0 Å². The average molecular weight is 265 g/mol. The number of rotatable bonds is 0. The van der Waals surface area contributed by atoms with Gasteiger partial charge in [-0.1, -0.05) is 0 Å². The van der Waals surface area contributed by atoms with Crippen molar-refractivity contribution in [3.05, 3.63) is 0 Å². The molecule has 0 aromatic carbocycles. The maximum absolute atomic E-state index is 4.26. The van der Waals surface area contributed by atoms with Crippen molar-refractivity contribution in [2.24, 2.45) is 0 Å². The second-order valence-electron chi connectivity index (χ2n) is 0.0583. The zero-order chi connectivity index (χ0) is 2.71. The van der Waals surface area contributed by atoms with Crippen molar-refractivity contribution < 1.29 is 29.7 Å². The van der Waals surface area contributed by atoms with Crippen LogP contribution in [0.25, 0.3) is 0 Å². The molecule has 4 heavy (non-hydrogen) atoms. The van der Waals surface area contributed by atoms with Gasteiger partial charge in [0.1, 0.15) is 0 Å². The Labute approximate surface area is 53.3 Å². The van der Waals surface area contributed by atoms with Gasteiger partial charge in [0.15, 0.2) is 0 Å². The summed E-state index contributed by atoms with van der Waals surface area (Å²) in [4.78, 5) is 0. The van der Waals surface area contributed by atoms with E-state index in [0.29, 0.717) is 0 Å². The van der Waals surface area contributed by atoms with E-state index in [2.05, 4.69) is 27.6 Å². The van der Waals surface area contributed by atoms with E-state index in [4.69, 9.17) is 0 Å². The fraction of sp³-hybridized carbons (Fsp3) is 0. The van der Waals surface area contributed by atoms with Crippen molar-refractivity contribution in [3.63, 3.8) is 0 Å². The van der Waals surface area contributed by atoms with Crippen LogP contribution in [0.4, 0.5) is 0 Å². The van der Waals surface area contributed by atoms with Gasteiger partial charge in [-0.2, -0.15) is 3.84 Å². The molecule has 0 aromatic rings. The standard InChI is InChI=1S/Cl2O.Hf/c1-3-2;. The van der Waals surface area contributed by atoms with Gasteiger partial charge in [0.05, 0.1) is 23.7 Å². The van der Waals surface area contributed by atoms with Crippen molar-refractivity contribution in [3.8, 4) is 0 Å². The van der Waals surface area contributed by atoms with Gasteiger partial charge >= 0.3 is 0 Å². The summed E-state index contributed by atoms with van der Waals surface area (Å²) in [5.74, 6) is 0. The predicted molar refractivity (Wildman–Crippen MR) is 12.8 cm³/mol. The Hall–Kier alpha value is 1.41. The zero-order valence-corrected chi connectivity index (χ0v) is 6.77. The SMILES string of the molecule is ClOCl.[Hf]. The molecule has 0 rings (SSSR count). The molecule has 0 saturated carbocycles. The maximum Gasteiger partial charge on any atom is 0.0832 e. The van der Waals surface area contributed by atoms with E-state index in [-0.39, 0.29) is 25.8 Å². The van der Waals surface area contributed by atoms with Crippen molar-refractivity contribution in [2.75, 3.05) is 0 Å². The molecule has 0 heterocycles. The first-order valence-corrected chi connectivity index (χ1v) is 0.926. The van der Waals surface area contributed by atoms with E-state index < -0.39 is 0 Å². The summed E-state index contributed by atoms with van der Waals surface area (Å²) >= 11 is 8.53. The van der Waals surface area contributed by atoms with Gasteiger partial charge in [0.25, 0.3) is 0 Å². The molecule has 0 radical (unpaired) electrons. The van der Waals surface area contributed by atoms with Crippen LogP contribution < -0.4 is 0 Å². The Morgan fingerprint density at radius 2 is 1.25 bits per heavy atom. The van der Waals surface area contributed by atoms with E-state index in [9.17, 15) is 0 Å². The Balaban J connectivity index is 0. The van der Waals surface area contributed by atoms with Crippen molar-refractivity contribution >= 4 is 23.7 Å². The third kappa shape index (κ3) is 9.96. The summed E-state index contributed by atoms with van der Waals surface area (Å²) < 4.78 is 3.19. The molecule has 0 saturated heterocycles. The summed E-state index contributed by atoms with van der Waals surface area (Å²) in [5, 5.41) is 0. The molecule has 0 amide bonds. The van der Waals surface area contributed by atoms with Crippen LogP contribution >= 0.6 is 23.7 Å². The average Bonchev–Trinajstić information content (AvgIpc) is 0.918. The van der Waals surface area contributed by atoms with Gasteiger partial charge in [-0.05, 0) is 0 Å². The Morgan fingerprint density at radius 1 is 1.25 bits per heavy atom. The van der Waals surface area contributed by atoms with Gasteiger partial charge in [-0.15, -0.1) is 0 Å². The first kappa shape index (κ1) is 9.05. The van der Waals surface area contributed by atoms with Gasteiger partial charge in [-0.3, -0.25) is 0 Å². The summed E-state index contributed by atoms with van der Waals surface area (Å²) in [6.45, 7) is 0. The van der Waals surface area contributed by atoms with E-state index in [0.717, 1.165) is 0 Å². The van der Waals surface area contributed by atoms with E-state index in [1.54, 1.807) is 0 Å². The maximum atomic E-state index is 4.26. The topological polar surface area (TPSA) is 9.23 Å². The fourth-order valence-electron chi connectivity index (χ4n) is 0. The normalized spacial score (nSPS) is 4.50. The van der Waals surface area contributed by atoms with Gasteiger partial charge < -0.3 is 0 Å². The molecule has 0 bridgehead atoms. The minimum atomic E-state index is 0. The summed E-state index contributed by atoms with van der Waals surface area (Å²) in [6, 6.07) is 0. The van der Waals surface area contributed by atoms with Crippen LogP contribution in [-0.2, 0) is 29.7 Å². The molecule has 24 valence electrons. The van der Waals surface area contributed by atoms with Gasteiger partial charge in [0.2, 0.25) is 0 Å². The molecule has 0 fully saturated rings. The summed E-state index contributed by atoms with van der Waals surface area (Å²) in [5.41, 5.74) is 0. The molecule has 0 spiro atoms. The largest absolute Gasteiger partial charge is 0.166 e. The molecule has 0 aliphatic heterocycles. The molecule has 0 aromatic heterocycles. The summed E-state index contributed by atoms with van der Waals surface area (Å²) in [6.07, 6.45) is 0. The monoisotopic (exact) mass is 266 g/mol. The van der Waals surface area contributed by atoms with Crippen LogP contribution in [0.1, 0.15) is 0 Å². The third-order valence-electron chi connectivity index (χ3n) is 0. The molecule has 0 N–H and O–H groups in total. The molecule has 0 unspecified atom stereocenters. The number of halogens is 2. The van der Waals surface area contributed by atoms with Crippen molar-refractivity contribution in [1.29, 1.82) is 0 Å². The minimum absolute atomic E-state index is 0. The summed E-state index contributed by atoms with van der Waals surface area (Å²) in [7, 11) is 0. The molecule has 1 nitrogen and oxygen atoms in total. The van der Waals surface area contributed by atoms with Crippen LogP contribution in [0.5, 0.6) is 0 Å². The first-order valence-electron chi connectivity index (χ1n) is 0.309. The van der Waals surface area contributed by atoms with Crippen LogP contribution in [-0.4, -0.2) is 0 Å². The van der Waals surface area contributed by atoms with E-state index in [1.807, 2.05) is 0 Å². The second-order valence-corrected chi connectivity index (χ2v) is 0.525. The Bertz CT molecular complexity index is 6.00. The van der Waals surface area contributed by atoms with Gasteiger partial charge in [-0.25, -0.2) is 0 Å². The molecule has 4 heteroatoms. The zero-order valence-electron chi connectivity index (χ0n) is 1.66. The second kappa shape index (κ2) is 8.83. The molecule has 0 aliphatic carbocycles. The molecular weight excluding hydrogens is 265 g/mol. The van der Waals surface area contributed by atoms with Crippen molar-refractivity contribution in [1.82, 2.24) is 0 Å². The third-order valence-corrected chi connectivity index (χ3v) is 0. The smallest absolute Gasteiger partial charge is 0.0832 e. The molecular formula is Cl2HfO. The number of hydrogen-bond acceptors (Lipinski definition) is 1. The predicted octanol–water partition coefficient (Wildman–Crippen LogP) is 1.31. The van der Waals surface area contributed by atoms with E-state index >= 15 is 0 Å². The molecule has 0 aliphatic rings. The first-order chi connectivity index (χ1) is 1.41. The Kier molecular flexibility index (Phi) is 20.0.